The molecular weight excluding hydrogens is 831 g/mol. The minimum absolute atomic E-state index is 0.0376. The number of methoxy groups -OCH3 is 2. The molecule has 13 nitrogen and oxygen atoms in total. The van der Waals surface area contributed by atoms with E-state index in [4.69, 9.17) is 18.9 Å². The Balaban J connectivity index is 1.71. The molecule has 0 radical (unpaired) electrons. The number of ketones is 3. The van der Waals surface area contributed by atoms with Crippen molar-refractivity contribution in [2.75, 3.05) is 20.8 Å². The molecule has 14 unspecified atom stereocenters. The number of aliphatic hydroxyl groups excluding tert-OH is 2. The normalized spacial score (nSPS) is 40.1. The number of hydrogen-bond acceptors (Lipinski definition) is 12. The molecule has 0 aromatic heterocycles. The van der Waals surface area contributed by atoms with E-state index in [1.54, 1.807) is 34.0 Å². The number of rotatable bonds is 5. The summed E-state index contributed by atoms with van der Waals surface area (Å²) in [5.74, 6) is -7.75. The van der Waals surface area contributed by atoms with Crippen LogP contribution in [0.5, 0.6) is 0 Å². The topological polar surface area (TPSA) is 186 Å². The first-order valence-corrected chi connectivity index (χ1v) is 24.2. The number of ether oxygens (including phenoxy) is 4. The van der Waals surface area contributed by atoms with Gasteiger partial charge in [0.25, 0.3) is 11.7 Å². The molecule has 4 rings (SSSR count). The van der Waals surface area contributed by atoms with Gasteiger partial charge in [0, 0.05) is 44.9 Å². The predicted octanol–water partition coefficient (Wildman–Crippen LogP) is 7.19. The van der Waals surface area contributed by atoms with Crippen LogP contribution in [0.25, 0.3) is 0 Å². The lowest BCUT2D eigenvalue weighted by Gasteiger charge is -2.44. The molecular formula is C52H81NO12. The van der Waals surface area contributed by atoms with Crippen molar-refractivity contribution in [1.82, 2.24) is 4.90 Å². The number of Topliss-reactive ketones (excluding diaryl/α,β-unsaturated/α-hetero) is 3. The Morgan fingerprint density at radius 3 is 2.28 bits per heavy atom. The van der Waals surface area contributed by atoms with Crippen molar-refractivity contribution in [3.05, 3.63) is 47.6 Å². The van der Waals surface area contributed by atoms with E-state index in [1.165, 1.54) is 12.0 Å². The highest BCUT2D eigenvalue weighted by Gasteiger charge is 2.53. The highest BCUT2D eigenvalue weighted by molar-refractivity contribution is 6.39. The number of cyclic esters (lactones) is 1. The molecule has 1 aliphatic carbocycles. The van der Waals surface area contributed by atoms with Crippen LogP contribution in [0.2, 0.25) is 0 Å². The first-order valence-electron chi connectivity index (χ1n) is 24.2. The van der Waals surface area contributed by atoms with Gasteiger partial charge < -0.3 is 39.2 Å². The second kappa shape index (κ2) is 24.1. The zero-order valence-corrected chi connectivity index (χ0v) is 41.1. The van der Waals surface area contributed by atoms with Crippen LogP contribution in [-0.2, 0) is 42.9 Å². The summed E-state index contributed by atoms with van der Waals surface area (Å²) in [5, 5.41) is 33.9. The summed E-state index contributed by atoms with van der Waals surface area (Å²) in [5.41, 5.74) is 1.05. The Morgan fingerprint density at radius 1 is 0.892 bits per heavy atom. The van der Waals surface area contributed by atoms with E-state index in [9.17, 15) is 39.3 Å². The molecule has 3 N–H and O–H groups in total. The third-order valence-corrected chi connectivity index (χ3v) is 15.0. The molecule has 2 bridgehead atoms. The van der Waals surface area contributed by atoms with Crippen LogP contribution in [0.1, 0.15) is 139 Å². The van der Waals surface area contributed by atoms with Crippen LogP contribution in [0.4, 0.5) is 0 Å². The minimum Gasteiger partial charge on any atom is -0.460 e. The summed E-state index contributed by atoms with van der Waals surface area (Å²) in [6.45, 7) is 17.1. The second-order valence-electron chi connectivity index (χ2n) is 20.7. The SMILES string of the molecule is COC1CC(CC(C)C2CC(=O)C(C)/C=C(\C)C(O)C(OC)C(=O)C(C)CC(C)/C=C/C=C/C=C(\C)C(C)(C)CC3CCC(C)C(O)(O3)C(=O)C(=O)N3CCCCC3C(=O)O2)CCC1O. The number of carbonyl (C=O) groups is 5. The highest BCUT2D eigenvalue weighted by atomic mass is 16.6. The van der Waals surface area contributed by atoms with E-state index in [0.29, 0.717) is 63.4 Å². The quantitative estimate of drug-likeness (QED) is 0.143. The molecule has 4 aliphatic rings. The molecule has 3 aliphatic heterocycles. The Morgan fingerprint density at radius 2 is 1.60 bits per heavy atom. The van der Waals surface area contributed by atoms with E-state index in [-0.39, 0.29) is 54.8 Å². The minimum atomic E-state index is -2.39. The van der Waals surface area contributed by atoms with Gasteiger partial charge >= 0.3 is 5.97 Å². The van der Waals surface area contributed by atoms with E-state index in [2.05, 4.69) is 13.8 Å². The van der Waals surface area contributed by atoms with Gasteiger partial charge in [-0.15, -0.1) is 0 Å². The number of esters is 1. The summed E-state index contributed by atoms with van der Waals surface area (Å²) in [6, 6.07) is -1.12. The molecule has 13 heteroatoms. The molecule has 3 fully saturated rings. The highest BCUT2D eigenvalue weighted by Crippen LogP contribution is 2.41. The lowest BCUT2D eigenvalue weighted by molar-refractivity contribution is -0.266. The first kappa shape index (κ1) is 54.3. The summed E-state index contributed by atoms with van der Waals surface area (Å²) >= 11 is 0. The molecule has 0 spiro atoms. The average Bonchev–Trinajstić information content (AvgIpc) is 3.26. The van der Waals surface area contributed by atoms with Crippen molar-refractivity contribution in [1.29, 1.82) is 0 Å². The zero-order valence-electron chi connectivity index (χ0n) is 41.1. The summed E-state index contributed by atoms with van der Waals surface area (Å²) in [6.07, 6.45) is 12.3. The van der Waals surface area contributed by atoms with Gasteiger partial charge in [-0.3, -0.25) is 19.2 Å². The molecule has 366 valence electrons. The molecule has 2 saturated heterocycles. The van der Waals surface area contributed by atoms with Gasteiger partial charge in [-0.1, -0.05) is 90.5 Å². The number of piperidine rings is 1. The Labute approximate surface area is 388 Å². The number of hydrogen-bond donors (Lipinski definition) is 3. The Kier molecular flexibility index (Phi) is 20.1. The number of aliphatic hydroxyl groups is 3. The fourth-order valence-corrected chi connectivity index (χ4v) is 10.2. The van der Waals surface area contributed by atoms with Gasteiger partial charge in [-0.2, -0.15) is 0 Å². The third kappa shape index (κ3) is 14.1. The lowest BCUT2D eigenvalue weighted by atomic mass is 9.76. The van der Waals surface area contributed by atoms with Crippen molar-refractivity contribution < 1.29 is 58.2 Å². The second-order valence-corrected chi connectivity index (χ2v) is 20.7. The largest absolute Gasteiger partial charge is 0.460 e. The molecule has 1 amide bonds. The van der Waals surface area contributed by atoms with Gasteiger partial charge in [0.1, 0.15) is 30.1 Å². The van der Waals surface area contributed by atoms with Crippen LogP contribution in [0.3, 0.4) is 0 Å². The number of amides is 1. The average molecular weight is 912 g/mol. The predicted molar refractivity (Wildman–Crippen MR) is 248 cm³/mol. The number of fused-ring (bicyclic) bond motifs is 3. The van der Waals surface area contributed by atoms with Gasteiger partial charge in [0.05, 0.1) is 18.3 Å². The molecule has 14 atom stereocenters. The lowest BCUT2D eigenvalue weighted by Crippen LogP contribution is -2.61. The Hall–Kier alpha value is -3.33. The number of nitrogens with zero attached hydrogens (tertiary/aromatic N) is 1. The smallest absolute Gasteiger partial charge is 0.329 e. The van der Waals surface area contributed by atoms with Crippen LogP contribution >= 0.6 is 0 Å². The third-order valence-electron chi connectivity index (χ3n) is 15.0. The van der Waals surface area contributed by atoms with Crippen LogP contribution in [0, 0.1) is 40.9 Å². The molecule has 1 saturated carbocycles. The Bertz CT molecular complexity index is 1780. The molecule has 0 aromatic carbocycles. The van der Waals surface area contributed by atoms with Crippen molar-refractivity contribution >= 4 is 29.2 Å². The first-order chi connectivity index (χ1) is 30.5. The fraction of sp³-hybridized carbons (Fsp3) is 0.750. The van der Waals surface area contributed by atoms with E-state index < -0.39 is 83.2 Å². The zero-order chi connectivity index (χ0) is 48.4. The van der Waals surface area contributed by atoms with E-state index in [1.807, 2.05) is 58.1 Å². The number of carbonyl (C=O) groups excluding carboxylic acids is 5. The summed E-state index contributed by atoms with van der Waals surface area (Å²) < 4.78 is 23.7. The van der Waals surface area contributed by atoms with Crippen molar-refractivity contribution in [3.8, 4) is 0 Å². The number of allylic oxidation sites excluding steroid dienone is 7. The van der Waals surface area contributed by atoms with Crippen molar-refractivity contribution in [2.24, 2.45) is 40.9 Å². The summed E-state index contributed by atoms with van der Waals surface area (Å²) in [7, 11) is 2.96. The van der Waals surface area contributed by atoms with Gasteiger partial charge in [0.2, 0.25) is 5.79 Å². The summed E-state index contributed by atoms with van der Waals surface area (Å²) in [4.78, 5) is 71.9. The van der Waals surface area contributed by atoms with Crippen LogP contribution < -0.4 is 0 Å². The van der Waals surface area contributed by atoms with Gasteiger partial charge in [0.15, 0.2) is 5.78 Å². The monoisotopic (exact) mass is 912 g/mol. The van der Waals surface area contributed by atoms with Crippen LogP contribution in [0.15, 0.2) is 47.6 Å². The van der Waals surface area contributed by atoms with Gasteiger partial charge in [-0.05, 0) is 113 Å². The van der Waals surface area contributed by atoms with E-state index >= 15 is 0 Å². The van der Waals surface area contributed by atoms with Crippen molar-refractivity contribution in [3.63, 3.8) is 0 Å². The van der Waals surface area contributed by atoms with Crippen LogP contribution in [-0.4, -0.2) is 119 Å². The van der Waals surface area contributed by atoms with Gasteiger partial charge in [-0.25, -0.2) is 4.79 Å². The standard InChI is InChI=1S/C52H81NO12/c1-31-17-13-12-14-18-36(6)51(8,9)30-39-22-20-37(7)52(61,65-39)48(58)49(59)53-24-16-15-19-40(53)50(60)64-43(33(3)27-38-21-23-41(54)44(28-38)62-10)29-42(55)32(2)26-35(5)46(57)47(63-11)45(56)34(4)25-31/h12-14,17-18,26,31-34,37-41,43-44,46-47,54,57,61H,15-16,19-25,27-30H2,1-11H3/b14-12+,17-13+,35-26+,36-18+. The molecule has 3 heterocycles. The molecule has 0 aromatic rings. The van der Waals surface area contributed by atoms with E-state index in [0.717, 1.165) is 12.0 Å². The molecule has 65 heavy (non-hydrogen) atoms. The fourth-order valence-electron chi connectivity index (χ4n) is 10.2. The van der Waals surface area contributed by atoms with Crippen molar-refractivity contribution in [2.45, 2.75) is 188 Å². The maximum atomic E-state index is 14.4. The maximum absolute atomic E-state index is 14.4. The maximum Gasteiger partial charge on any atom is 0.329 e.